The average Bonchev–Trinajstić information content (AvgIpc) is 3.00. The Kier molecular flexibility index (Phi) is 5.65. The van der Waals surface area contributed by atoms with Gasteiger partial charge in [0, 0.05) is 14.9 Å². The molecule has 1 heterocycles. The Morgan fingerprint density at radius 3 is 1.90 bits per heavy atom. The number of benzene rings is 3. The molecule has 0 unspecified atom stereocenters. The number of imide groups is 1. The summed E-state index contributed by atoms with van der Waals surface area (Å²) in [6.45, 7) is 0. The maximum absolute atomic E-state index is 13.3. The molecule has 2 amide bonds. The highest BCUT2D eigenvalue weighted by Crippen LogP contribution is 2.41. The topological polar surface area (TPSA) is 61.2 Å². The molecular weight excluding hydrogens is 439 g/mol. The van der Waals surface area contributed by atoms with E-state index in [4.69, 9.17) is 28.5 Å². The summed E-state index contributed by atoms with van der Waals surface area (Å²) in [7, 11) is 0. The van der Waals surface area contributed by atoms with Crippen molar-refractivity contribution in [3.63, 3.8) is 0 Å². The number of carbonyl (C=O) groups is 2. The van der Waals surface area contributed by atoms with Gasteiger partial charge in [-0.25, -0.2) is 4.90 Å². The number of rotatable bonds is 4. The van der Waals surface area contributed by atoms with E-state index in [2.05, 4.69) is 0 Å². The Bertz CT molecular complexity index is 1210. The monoisotopic (exact) mass is 450 g/mol. The normalized spacial score (nSPS) is 13.7. The summed E-state index contributed by atoms with van der Waals surface area (Å²) in [5.74, 6) is -0.849. The number of nitrogens with zero attached hydrogens (tertiary/aromatic N) is 2. The standard InChI is InChI=1S/C23H12Cl2N2O2S/c24-16-5-3-15(4-6-16)20-21(30-19-11-7-17(25)8-12-19)23(29)27(22(20)28)18-9-1-14(13-26)2-10-18/h1-12H. The SMILES string of the molecule is N#Cc1ccc(N2C(=O)C(Sc3ccc(Cl)cc3)=C(c3ccc(Cl)cc3)C2=O)cc1. The largest absolute Gasteiger partial charge is 0.272 e. The van der Waals surface area contributed by atoms with E-state index in [1.54, 1.807) is 72.8 Å². The van der Waals surface area contributed by atoms with Gasteiger partial charge in [-0.15, -0.1) is 0 Å². The van der Waals surface area contributed by atoms with Crippen molar-refractivity contribution < 1.29 is 9.59 Å². The molecule has 0 fully saturated rings. The van der Waals surface area contributed by atoms with E-state index in [-0.39, 0.29) is 0 Å². The minimum Gasteiger partial charge on any atom is -0.268 e. The Labute approximate surface area is 187 Å². The van der Waals surface area contributed by atoms with Crippen LogP contribution in [0.3, 0.4) is 0 Å². The van der Waals surface area contributed by atoms with Crippen molar-refractivity contribution in [2.75, 3.05) is 4.90 Å². The zero-order valence-electron chi connectivity index (χ0n) is 15.3. The quantitative estimate of drug-likeness (QED) is 0.461. The van der Waals surface area contributed by atoms with Crippen molar-refractivity contribution in [3.05, 3.63) is 98.9 Å². The number of hydrogen-bond acceptors (Lipinski definition) is 4. The number of thioether (sulfide) groups is 1. The Morgan fingerprint density at radius 2 is 1.33 bits per heavy atom. The molecule has 1 aliphatic heterocycles. The number of carbonyl (C=O) groups excluding carboxylic acids is 2. The van der Waals surface area contributed by atoms with Gasteiger partial charge >= 0.3 is 0 Å². The van der Waals surface area contributed by atoms with Crippen LogP contribution >= 0.6 is 35.0 Å². The summed E-state index contributed by atoms with van der Waals surface area (Å²) >= 11 is 13.2. The van der Waals surface area contributed by atoms with E-state index in [0.29, 0.717) is 37.3 Å². The van der Waals surface area contributed by atoms with E-state index in [1.165, 1.54) is 11.8 Å². The Balaban J connectivity index is 1.80. The van der Waals surface area contributed by atoms with Crippen molar-refractivity contribution in [1.82, 2.24) is 0 Å². The molecular formula is C23H12Cl2N2O2S. The summed E-state index contributed by atoms with van der Waals surface area (Å²) < 4.78 is 0. The van der Waals surface area contributed by atoms with Crippen molar-refractivity contribution >= 4 is 58.0 Å². The van der Waals surface area contributed by atoms with Crippen LogP contribution in [0, 0.1) is 11.3 Å². The van der Waals surface area contributed by atoms with E-state index in [9.17, 15) is 9.59 Å². The molecule has 0 saturated heterocycles. The predicted molar refractivity (Wildman–Crippen MR) is 119 cm³/mol. The number of amides is 2. The summed E-state index contributed by atoms with van der Waals surface area (Å²) in [5.41, 5.74) is 1.76. The number of nitriles is 1. The fourth-order valence-electron chi connectivity index (χ4n) is 3.02. The molecule has 7 heteroatoms. The first-order chi connectivity index (χ1) is 14.5. The van der Waals surface area contributed by atoms with Crippen LogP contribution in [0.5, 0.6) is 0 Å². The second kappa shape index (κ2) is 8.37. The maximum Gasteiger partial charge on any atom is 0.272 e. The smallest absolute Gasteiger partial charge is 0.268 e. The highest BCUT2D eigenvalue weighted by molar-refractivity contribution is 8.04. The lowest BCUT2D eigenvalue weighted by Gasteiger charge is -2.15. The fraction of sp³-hybridized carbons (Fsp3) is 0. The molecule has 30 heavy (non-hydrogen) atoms. The van der Waals surface area contributed by atoms with Gasteiger partial charge in [0.15, 0.2) is 0 Å². The van der Waals surface area contributed by atoms with E-state index < -0.39 is 11.8 Å². The first kappa shape index (κ1) is 20.2. The van der Waals surface area contributed by atoms with Gasteiger partial charge < -0.3 is 0 Å². The number of halogens is 2. The lowest BCUT2D eigenvalue weighted by Crippen LogP contribution is -2.31. The van der Waals surface area contributed by atoms with Crippen LogP contribution in [0.4, 0.5) is 5.69 Å². The van der Waals surface area contributed by atoms with Crippen LogP contribution in [-0.2, 0) is 9.59 Å². The van der Waals surface area contributed by atoms with E-state index >= 15 is 0 Å². The van der Waals surface area contributed by atoms with Crippen LogP contribution in [0.25, 0.3) is 5.57 Å². The van der Waals surface area contributed by atoms with E-state index in [1.807, 2.05) is 6.07 Å². The van der Waals surface area contributed by atoms with Crippen LogP contribution in [0.2, 0.25) is 10.0 Å². The average molecular weight is 451 g/mol. The lowest BCUT2D eigenvalue weighted by molar-refractivity contribution is -0.119. The summed E-state index contributed by atoms with van der Waals surface area (Å²) in [6.07, 6.45) is 0. The fourth-order valence-corrected chi connectivity index (χ4v) is 4.26. The van der Waals surface area contributed by atoms with E-state index in [0.717, 1.165) is 9.80 Å². The molecule has 0 radical (unpaired) electrons. The molecule has 0 aromatic heterocycles. The van der Waals surface area contributed by atoms with Crippen LogP contribution in [0.15, 0.2) is 82.6 Å². The molecule has 0 atom stereocenters. The first-order valence-corrected chi connectivity index (χ1v) is 10.4. The van der Waals surface area contributed by atoms with Gasteiger partial charge in [-0.1, -0.05) is 47.1 Å². The van der Waals surface area contributed by atoms with Gasteiger partial charge in [0.2, 0.25) is 0 Å². The van der Waals surface area contributed by atoms with Crippen molar-refractivity contribution in [1.29, 1.82) is 5.26 Å². The highest BCUT2D eigenvalue weighted by Gasteiger charge is 2.40. The van der Waals surface area contributed by atoms with Gasteiger partial charge in [-0.3, -0.25) is 9.59 Å². The van der Waals surface area contributed by atoms with Crippen molar-refractivity contribution in [3.8, 4) is 6.07 Å². The number of anilines is 1. The molecule has 0 bridgehead atoms. The van der Waals surface area contributed by atoms with Crippen LogP contribution in [-0.4, -0.2) is 11.8 Å². The molecule has 0 spiro atoms. The van der Waals surface area contributed by atoms with Crippen LogP contribution < -0.4 is 4.90 Å². The molecule has 3 aromatic rings. The van der Waals surface area contributed by atoms with Crippen molar-refractivity contribution in [2.24, 2.45) is 0 Å². The molecule has 3 aromatic carbocycles. The van der Waals surface area contributed by atoms with Crippen LogP contribution in [0.1, 0.15) is 11.1 Å². The molecule has 4 rings (SSSR count). The Morgan fingerprint density at radius 1 is 0.767 bits per heavy atom. The Hall–Kier alpha value is -3.04. The zero-order chi connectivity index (χ0) is 21.3. The second-order valence-electron chi connectivity index (χ2n) is 6.37. The second-order valence-corrected chi connectivity index (χ2v) is 8.33. The lowest BCUT2D eigenvalue weighted by atomic mass is 10.1. The molecule has 1 aliphatic rings. The minimum absolute atomic E-state index is 0.306. The highest BCUT2D eigenvalue weighted by atomic mass is 35.5. The summed E-state index contributed by atoms with van der Waals surface area (Å²) in [5, 5.41) is 10.1. The first-order valence-electron chi connectivity index (χ1n) is 8.80. The molecule has 0 saturated carbocycles. The zero-order valence-corrected chi connectivity index (χ0v) is 17.6. The van der Waals surface area contributed by atoms with Gasteiger partial charge in [-0.2, -0.15) is 5.26 Å². The molecule has 4 nitrogen and oxygen atoms in total. The maximum atomic E-state index is 13.3. The molecule has 0 N–H and O–H groups in total. The molecule has 146 valence electrons. The minimum atomic E-state index is -0.427. The van der Waals surface area contributed by atoms with Gasteiger partial charge in [-0.05, 0) is 66.2 Å². The summed E-state index contributed by atoms with van der Waals surface area (Å²) in [6, 6.07) is 22.2. The molecule has 0 aliphatic carbocycles. The summed E-state index contributed by atoms with van der Waals surface area (Å²) in [4.78, 5) is 28.9. The third-order valence-electron chi connectivity index (χ3n) is 4.46. The third kappa shape index (κ3) is 3.86. The van der Waals surface area contributed by atoms with Gasteiger partial charge in [0.1, 0.15) is 0 Å². The number of hydrogen-bond donors (Lipinski definition) is 0. The predicted octanol–water partition coefficient (Wildman–Crippen LogP) is 5.94. The van der Waals surface area contributed by atoms with Gasteiger partial charge in [0.05, 0.1) is 27.8 Å². The van der Waals surface area contributed by atoms with Gasteiger partial charge in [0.25, 0.3) is 11.8 Å². The third-order valence-corrected chi connectivity index (χ3v) is 6.06. The van der Waals surface area contributed by atoms with Crippen molar-refractivity contribution in [2.45, 2.75) is 4.90 Å².